The summed E-state index contributed by atoms with van der Waals surface area (Å²) in [6.07, 6.45) is 0.302. The van der Waals surface area contributed by atoms with Gasteiger partial charge >= 0.3 is 29.6 Å². The van der Waals surface area contributed by atoms with Gasteiger partial charge in [-0.2, -0.15) is 0 Å². The number of rotatable bonds is 6. The van der Waals surface area contributed by atoms with Gasteiger partial charge in [0.05, 0.1) is 11.4 Å². The van der Waals surface area contributed by atoms with Crippen LogP contribution in [0, 0.1) is 0 Å². The molecule has 6 nitrogen and oxygen atoms in total. The molecule has 0 saturated heterocycles. The van der Waals surface area contributed by atoms with E-state index in [1.54, 1.807) is 16.7 Å². The SMILES string of the molecule is CN(C)c1ccc2c(c1)Sc1cc(N(C)C)ccc1N2C(=O)CCCC(=O)[O-].[Na+]. The minimum absolute atomic E-state index is 0. The van der Waals surface area contributed by atoms with Crippen LogP contribution in [0.2, 0.25) is 0 Å². The molecular weight excluding hydrogens is 397 g/mol. The third kappa shape index (κ3) is 5.28. The fourth-order valence-electron chi connectivity index (χ4n) is 3.11. The average molecular weight is 421 g/mol. The van der Waals surface area contributed by atoms with E-state index in [-0.39, 0.29) is 54.7 Å². The molecule has 1 aliphatic heterocycles. The molecule has 0 aliphatic carbocycles. The molecule has 0 radical (unpaired) electrons. The average Bonchev–Trinajstić information content (AvgIpc) is 2.64. The summed E-state index contributed by atoms with van der Waals surface area (Å²) >= 11 is 1.64. The third-order valence-electron chi connectivity index (χ3n) is 4.64. The summed E-state index contributed by atoms with van der Waals surface area (Å²) in [7, 11) is 7.93. The molecular formula is C21H24N3NaO3S. The molecule has 0 aromatic heterocycles. The monoisotopic (exact) mass is 421 g/mol. The Morgan fingerprint density at radius 1 is 0.897 bits per heavy atom. The summed E-state index contributed by atoms with van der Waals surface area (Å²) in [5.41, 5.74) is 3.78. The fourth-order valence-corrected chi connectivity index (χ4v) is 4.23. The molecule has 1 heterocycles. The zero-order chi connectivity index (χ0) is 20.4. The van der Waals surface area contributed by atoms with E-state index in [0.29, 0.717) is 0 Å². The normalized spacial score (nSPS) is 11.8. The van der Waals surface area contributed by atoms with Crippen LogP contribution in [-0.4, -0.2) is 40.1 Å². The maximum atomic E-state index is 13.0. The molecule has 0 bridgehead atoms. The zero-order valence-electron chi connectivity index (χ0n) is 17.6. The van der Waals surface area contributed by atoms with Gasteiger partial charge in [0.1, 0.15) is 0 Å². The summed E-state index contributed by atoms with van der Waals surface area (Å²) < 4.78 is 0. The number of carboxylic acids is 1. The predicted molar refractivity (Wildman–Crippen MR) is 112 cm³/mol. The van der Waals surface area contributed by atoms with Crippen LogP contribution in [0.5, 0.6) is 0 Å². The number of benzene rings is 2. The van der Waals surface area contributed by atoms with Gasteiger partial charge in [-0.3, -0.25) is 9.69 Å². The van der Waals surface area contributed by atoms with Crippen molar-refractivity contribution in [1.82, 2.24) is 0 Å². The Labute approximate surface area is 198 Å². The van der Waals surface area contributed by atoms with E-state index < -0.39 is 5.97 Å². The maximum absolute atomic E-state index is 13.0. The first-order valence-electron chi connectivity index (χ1n) is 9.11. The van der Waals surface area contributed by atoms with Crippen LogP contribution in [0.25, 0.3) is 0 Å². The van der Waals surface area contributed by atoms with Crippen molar-refractivity contribution in [3.05, 3.63) is 36.4 Å². The van der Waals surface area contributed by atoms with Crippen LogP contribution in [0.3, 0.4) is 0 Å². The van der Waals surface area contributed by atoms with Crippen LogP contribution in [0.1, 0.15) is 19.3 Å². The zero-order valence-corrected chi connectivity index (χ0v) is 20.4. The van der Waals surface area contributed by atoms with E-state index >= 15 is 0 Å². The molecule has 2 aromatic carbocycles. The molecule has 8 heteroatoms. The standard InChI is InChI=1S/C21H25N3O3S.Na/c1-22(2)14-8-10-16-18(12-14)28-19-13-15(23(3)4)9-11-17(19)24(16)20(25)6-5-7-21(26)27;/h8-13H,5-7H2,1-4H3,(H,26,27);/q;+1/p-1. The van der Waals surface area contributed by atoms with Gasteiger partial charge in [-0.15, -0.1) is 0 Å². The first-order valence-corrected chi connectivity index (χ1v) is 9.93. The Bertz CT molecular complexity index is 861. The molecule has 1 amide bonds. The van der Waals surface area contributed by atoms with Crippen LogP contribution in [-0.2, 0) is 9.59 Å². The Morgan fingerprint density at radius 2 is 1.38 bits per heavy atom. The van der Waals surface area contributed by atoms with Crippen molar-refractivity contribution in [2.24, 2.45) is 0 Å². The Balaban J connectivity index is 0.00000300. The Hall–Kier alpha value is -1.67. The van der Waals surface area contributed by atoms with Gasteiger partial charge in [-0.05, 0) is 49.2 Å². The van der Waals surface area contributed by atoms with Gasteiger partial charge in [-0.1, -0.05) is 11.8 Å². The van der Waals surface area contributed by atoms with Gasteiger partial charge in [0.2, 0.25) is 5.91 Å². The van der Waals surface area contributed by atoms with E-state index in [2.05, 4.69) is 12.1 Å². The first-order chi connectivity index (χ1) is 13.3. The summed E-state index contributed by atoms with van der Waals surface area (Å²) in [5.74, 6) is -1.24. The summed E-state index contributed by atoms with van der Waals surface area (Å²) in [4.78, 5) is 31.5. The number of hydrogen-bond acceptors (Lipinski definition) is 6. The van der Waals surface area contributed by atoms with E-state index in [9.17, 15) is 14.7 Å². The van der Waals surface area contributed by atoms with Crippen molar-refractivity contribution in [1.29, 1.82) is 0 Å². The Morgan fingerprint density at radius 3 is 1.79 bits per heavy atom. The number of hydrogen-bond donors (Lipinski definition) is 0. The van der Waals surface area contributed by atoms with Crippen molar-refractivity contribution in [3.63, 3.8) is 0 Å². The van der Waals surface area contributed by atoms with E-state index in [4.69, 9.17) is 0 Å². The second-order valence-corrected chi connectivity index (χ2v) is 8.23. The van der Waals surface area contributed by atoms with E-state index in [1.807, 2.05) is 62.3 Å². The smallest absolute Gasteiger partial charge is 0.550 e. The molecule has 3 rings (SSSR count). The van der Waals surface area contributed by atoms with E-state index in [0.717, 1.165) is 32.5 Å². The molecule has 29 heavy (non-hydrogen) atoms. The Kier molecular flexibility index (Phi) is 8.05. The maximum Gasteiger partial charge on any atom is 1.00 e. The molecule has 2 aromatic rings. The fraction of sp³-hybridized carbons (Fsp3) is 0.333. The van der Waals surface area contributed by atoms with Crippen molar-refractivity contribution >= 4 is 46.4 Å². The molecule has 148 valence electrons. The number of aliphatic carboxylic acids is 1. The van der Waals surface area contributed by atoms with Gasteiger partial charge in [0.15, 0.2) is 0 Å². The van der Waals surface area contributed by atoms with Crippen LogP contribution in [0.4, 0.5) is 22.7 Å². The molecule has 0 fully saturated rings. The molecule has 0 N–H and O–H groups in total. The number of carbonyl (C=O) groups excluding carboxylic acids is 2. The summed E-state index contributed by atoms with van der Waals surface area (Å²) in [6, 6.07) is 12.0. The third-order valence-corrected chi connectivity index (χ3v) is 5.74. The summed E-state index contributed by atoms with van der Waals surface area (Å²) in [6.45, 7) is 0. The number of carboxylic acid groups (broad SMARTS) is 1. The van der Waals surface area contributed by atoms with Crippen molar-refractivity contribution < 1.29 is 44.3 Å². The predicted octanol–water partition coefficient (Wildman–Crippen LogP) is -0.128. The molecule has 0 atom stereocenters. The molecule has 0 saturated carbocycles. The van der Waals surface area contributed by atoms with E-state index in [1.165, 1.54) is 0 Å². The van der Waals surface area contributed by atoms with Gasteiger partial charge in [-0.25, -0.2) is 0 Å². The number of amides is 1. The van der Waals surface area contributed by atoms with Crippen molar-refractivity contribution in [2.45, 2.75) is 29.1 Å². The van der Waals surface area contributed by atoms with Crippen molar-refractivity contribution in [3.8, 4) is 0 Å². The second-order valence-electron chi connectivity index (χ2n) is 7.15. The van der Waals surface area contributed by atoms with Crippen LogP contribution >= 0.6 is 11.8 Å². The number of fused-ring (bicyclic) bond motifs is 2. The number of carbonyl (C=O) groups is 2. The first kappa shape index (κ1) is 23.6. The molecule has 1 aliphatic rings. The van der Waals surface area contributed by atoms with Gasteiger partial charge < -0.3 is 19.7 Å². The second kappa shape index (κ2) is 9.89. The van der Waals surface area contributed by atoms with Gasteiger partial charge in [0.25, 0.3) is 0 Å². The topological polar surface area (TPSA) is 66.9 Å². The summed E-state index contributed by atoms with van der Waals surface area (Å²) in [5, 5.41) is 10.7. The largest absolute Gasteiger partial charge is 1.00 e. The quantitative estimate of drug-likeness (QED) is 0.606. The van der Waals surface area contributed by atoms with Crippen LogP contribution < -0.4 is 49.4 Å². The minimum Gasteiger partial charge on any atom is -0.550 e. The molecule has 0 unspecified atom stereocenters. The minimum atomic E-state index is -1.13. The molecule has 0 spiro atoms. The number of nitrogens with zero attached hydrogens (tertiary/aromatic N) is 3. The van der Waals surface area contributed by atoms with Gasteiger partial charge in [0, 0.05) is 61.7 Å². The number of anilines is 4. The van der Waals surface area contributed by atoms with Crippen molar-refractivity contribution in [2.75, 3.05) is 42.9 Å². The van der Waals surface area contributed by atoms with Crippen LogP contribution in [0.15, 0.2) is 46.2 Å².